The molecule has 21 heavy (non-hydrogen) atoms. The van der Waals surface area contributed by atoms with E-state index in [1.54, 1.807) is 0 Å². The highest BCUT2D eigenvalue weighted by Crippen LogP contribution is 2.34. The van der Waals surface area contributed by atoms with Gasteiger partial charge in [0.1, 0.15) is 5.75 Å². The first kappa shape index (κ1) is 17.6. The molecule has 0 saturated carbocycles. The first-order valence-corrected chi connectivity index (χ1v) is 6.62. The second kappa shape index (κ2) is 7.55. The highest BCUT2D eigenvalue weighted by Gasteiger charge is 2.21. The Labute approximate surface area is 137 Å². The van der Waals surface area contributed by atoms with Gasteiger partial charge in [0, 0.05) is 12.5 Å². The maximum absolute atomic E-state index is 9.89. The zero-order chi connectivity index (χ0) is 13.2. The van der Waals surface area contributed by atoms with Crippen LogP contribution in [0.2, 0.25) is 0 Å². The Morgan fingerprint density at radius 3 is 2.52 bits per heavy atom. The van der Waals surface area contributed by atoms with Gasteiger partial charge in [-0.3, -0.25) is 0 Å². The van der Waals surface area contributed by atoms with E-state index in [0.717, 1.165) is 19.5 Å². The van der Waals surface area contributed by atoms with Crippen LogP contribution in [0.4, 0.5) is 5.69 Å². The molecule has 2 aromatic rings. The summed E-state index contributed by atoms with van der Waals surface area (Å²) < 4.78 is 0. The lowest BCUT2D eigenvalue weighted by Crippen LogP contribution is -2.20. The first-order chi connectivity index (χ1) is 9.25. The maximum atomic E-state index is 9.89. The predicted molar refractivity (Wildman–Crippen MR) is 91.9 cm³/mol. The summed E-state index contributed by atoms with van der Waals surface area (Å²) in [5, 5.41) is 13.3. The number of anilines is 1. The van der Waals surface area contributed by atoms with E-state index in [1.165, 1.54) is 16.7 Å². The second-order valence-corrected chi connectivity index (χ2v) is 5.03. The molecule has 2 aromatic carbocycles. The molecule has 0 fully saturated rings. The van der Waals surface area contributed by atoms with Gasteiger partial charge in [-0.2, -0.15) is 0 Å². The summed E-state index contributed by atoms with van der Waals surface area (Å²) in [5.41, 5.74) is 9.95. The Morgan fingerprint density at radius 1 is 1.10 bits per heavy atom. The fraction of sp³-hybridized carbons (Fsp3) is 0.250. The highest BCUT2D eigenvalue weighted by molar-refractivity contribution is 5.85. The van der Waals surface area contributed by atoms with Crippen molar-refractivity contribution in [3.8, 4) is 5.75 Å². The minimum absolute atomic E-state index is 0. The number of phenolic OH excluding ortho intramolecular Hbond substituents is 1. The first-order valence-electron chi connectivity index (χ1n) is 6.62. The van der Waals surface area contributed by atoms with Crippen molar-refractivity contribution >= 4 is 30.5 Å². The number of rotatable bonds is 1. The van der Waals surface area contributed by atoms with Crippen LogP contribution in [0.3, 0.4) is 0 Å². The summed E-state index contributed by atoms with van der Waals surface area (Å²) in [5.74, 6) is 0.451. The van der Waals surface area contributed by atoms with Crippen LogP contribution in [0.1, 0.15) is 22.6 Å². The largest absolute Gasteiger partial charge is 0.506 e. The van der Waals surface area contributed by atoms with E-state index < -0.39 is 0 Å². The molecular weight excluding hydrogens is 307 g/mol. The summed E-state index contributed by atoms with van der Waals surface area (Å²) in [6.45, 7) is 1.83. The van der Waals surface area contributed by atoms with Crippen LogP contribution in [-0.2, 0) is 6.42 Å². The molecule has 114 valence electrons. The molecule has 0 amide bonds. The average molecular weight is 327 g/mol. The SMILES string of the molecule is Cl.Cl.Nc1cc2c(cc1O)C(c1ccccc1)CNCC2. The zero-order valence-corrected chi connectivity index (χ0v) is 13.2. The van der Waals surface area contributed by atoms with Crippen molar-refractivity contribution < 1.29 is 5.11 Å². The lowest BCUT2D eigenvalue weighted by Gasteiger charge is -2.19. The number of fused-ring (bicyclic) bond motifs is 1. The molecule has 3 rings (SSSR count). The Morgan fingerprint density at radius 2 is 1.81 bits per heavy atom. The number of hydrogen-bond acceptors (Lipinski definition) is 3. The van der Waals surface area contributed by atoms with Gasteiger partial charge in [-0.05, 0) is 41.8 Å². The van der Waals surface area contributed by atoms with Crippen LogP contribution in [0.15, 0.2) is 42.5 Å². The van der Waals surface area contributed by atoms with Gasteiger partial charge in [0.15, 0.2) is 0 Å². The summed E-state index contributed by atoms with van der Waals surface area (Å²) in [6.07, 6.45) is 0.948. The van der Waals surface area contributed by atoms with Crippen LogP contribution in [-0.4, -0.2) is 18.2 Å². The standard InChI is InChI=1S/C16H18N2O.2ClH/c17-15-8-12-6-7-18-10-14(13(12)9-16(15)19)11-4-2-1-3-5-11;;/h1-5,8-9,14,18-19H,6-7,10,17H2;2*1H. The fourth-order valence-corrected chi connectivity index (χ4v) is 2.77. The van der Waals surface area contributed by atoms with E-state index in [4.69, 9.17) is 5.73 Å². The van der Waals surface area contributed by atoms with Gasteiger partial charge in [0.05, 0.1) is 5.69 Å². The molecule has 1 atom stereocenters. The summed E-state index contributed by atoms with van der Waals surface area (Å²) in [4.78, 5) is 0. The quantitative estimate of drug-likeness (QED) is 0.557. The molecule has 0 bridgehead atoms. The summed E-state index contributed by atoms with van der Waals surface area (Å²) >= 11 is 0. The van der Waals surface area contributed by atoms with E-state index in [1.807, 2.05) is 18.2 Å². The third kappa shape index (κ3) is 3.62. The van der Waals surface area contributed by atoms with E-state index >= 15 is 0 Å². The Balaban J connectivity index is 0.00000110. The maximum Gasteiger partial charge on any atom is 0.138 e. The van der Waals surface area contributed by atoms with Crippen molar-refractivity contribution in [3.05, 3.63) is 59.2 Å². The molecule has 4 N–H and O–H groups in total. The van der Waals surface area contributed by atoms with Crippen molar-refractivity contribution in [1.29, 1.82) is 0 Å². The Bertz CT molecular complexity index is 590. The van der Waals surface area contributed by atoms with Crippen molar-refractivity contribution in [2.24, 2.45) is 0 Å². The summed E-state index contributed by atoms with van der Waals surface area (Å²) in [7, 11) is 0. The number of halogens is 2. The minimum Gasteiger partial charge on any atom is -0.506 e. The molecule has 0 spiro atoms. The number of aromatic hydroxyl groups is 1. The van der Waals surface area contributed by atoms with Crippen LogP contribution in [0.25, 0.3) is 0 Å². The van der Waals surface area contributed by atoms with Crippen LogP contribution >= 0.6 is 24.8 Å². The van der Waals surface area contributed by atoms with E-state index in [0.29, 0.717) is 5.69 Å². The monoisotopic (exact) mass is 326 g/mol. The van der Waals surface area contributed by atoms with Gasteiger partial charge in [-0.25, -0.2) is 0 Å². The van der Waals surface area contributed by atoms with Crippen molar-refractivity contribution in [3.63, 3.8) is 0 Å². The molecule has 0 radical (unpaired) electrons. The normalized spacial score (nSPS) is 16.9. The number of phenols is 1. The topological polar surface area (TPSA) is 58.3 Å². The molecule has 0 aromatic heterocycles. The molecule has 5 heteroatoms. The number of hydrogen-bond donors (Lipinski definition) is 3. The number of benzene rings is 2. The number of nitrogens with two attached hydrogens (primary N) is 1. The second-order valence-electron chi connectivity index (χ2n) is 5.03. The molecular formula is C16H20Cl2N2O. The van der Waals surface area contributed by atoms with Gasteiger partial charge in [-0.15, -0.1) is 24.8 Å². The predicted octanol–water partition coefficient (Wildman–Crippen LogP) is 3.10. The summed E-state index contributed by atoms with van der Waals surface area (Å²) in [6, 6.07) is 14.1. The van der Waals surface area contributed by atoms with Gasteiger partial charge in [-0.1, -0.05) is 30.3 Å². The van der Waals surface area contributed by atoms with E-state index in [9.17, 15) is 5.11 Å². The van der Waals surface area contributed by atoms with E-state index in [-0.39, 0.29) is 36.5 Å². The van der Waals surface area contributed by atoms with Crippen molar-refractivity contribution in [1.82, 2.24) is 5.32 Å². The van der Waals surface area contributed by atoms with E-state index in [2.05, 4.69) is 29.6 Å². The fourth-order valence-electron chi connectivity index (χ4n) is 2.77. The molecule has 1 aliphatic rings. The Kier molecular flexibility index (Phi) is 6.34. The Hall–Kier alpha value is -1.42. The minimum atomic E-state index is 0. The molecule has 0 aliphatic carbocycles. The van der Waals surface area contributed by atoms with Crippen molar-refractivity contribution in [2.75, 3.05) is 18.8 Å². The van der Waals surface area contributed by atoms with Crippen LogP contribution in [0, 0.1) is 0 Å². The third-order valence-corrected chi connectivity index (χ3v) is 3.79. The molecule has 0 saturated heterocycles. The lowest BCUT2D eigenvalue weighted by atomic mass is 9.87. The van der Waals surface area contributed by atoms with Gasteiger partial charge < -0.3 is 16.2 Å². The van der Waals surface area contributed by atoms with Crippen molar-refractivity contribution in [2.45, 2.75) is 12.3 Å². The van der Waals surface area contributed by atoms with Crippen LogP contribution < -0.4 is 11.1 Å². The third-order valence-electron chi connectivity index (χ3n) is 3.79. The van der Waals surface area contributed by atoms with Gasteiger partial charge in [0.25, 0.3) is 0 Å². The molecule has 3 nitrogen and oxygen atoms in total. The number of nitrogen functional groups attached to an aromatic ring is 1. The molecule has 1 unspecified atom stereocenters. The molecule has 1 aliphatic heterocycles. The lowest BCUT2D eigenvalue weighted by molar-refractivity contribution is 0.476. The van der Waals surface area contributed by atoms with Gasteiger partial charge >= 0.3 is 0 Å². The van der Waals surface area contributed by atoms with Crippen LogP contribution in [0.5, 0.6) is 5.75 Å². The highest BCUT2D eigenvalue weighted by atomic mass is 35.5. The smallest absolute Gasteiger partial charge is 0.138 e. The molecule has 1 heterocycles. The number of nitrogens with one attached hydrogen (secondary N) is 1. The zero-order valence-electron chi connectivity index (χ0n) is 11.6. The van der Waals surface area contributed by atoms with Gasteiger partial charge in [0.2, 0.25) is 0 Å². The average Bonchev–Trinajstić information content (AvgIpc) is 2.63.